The highest BCUT2D eigenvalue weighted by molar-refractivity contribution is 6.07. The second-order valence-corrected chi connectivity index (χ2v) is 7.77. The fourth-order valence-electron chi connectivity index (χ4n) is 4.85. The highest BCUT2D eigenvalue weighted by atomic mass is 15.2. The van der Waals surface area contributed by atoms with Gasteiger partial charge in [-0.25, -0.2) is 4.98 Å². The SMILES string of the molecule is CN1C=NC2CC=C(c3nc4ccc5[nH]ncc5c4c4c3CCCC4)C=C21. The molecule has 0 fully saturated rings. The van der Waals surface area contributed by atoms with E-state index in [0.717, 1.165) is 30.3 Å². The molecule has 2 aliphatic carbocycles. The van der Waals surface area contributed by atoms with Crippen molar-refractivity contribution in [2.24, 2.45) is 4.99 Å². The molecule has 2 aromatic heterocycles. The maximum absolute atomic E-state index is 5.17. The summed E-state index contributed by atoms with van der Waals surface area (Å²) >= 11 is 0. The van der Waals surface area contributed by atoms with Crippen LogP contribution in [0.1, 0.15) is 36.1 Å². The standard InChI is InChI=1S/C22H21N5/c1-27-12-23-18-7-6-13(10-20(18)27)22-15-5-3-2-4-14(15)21-16-11-24-26-17(16)8-9-19(21)25-22/h6,8-12,18H,2-5,7H2,1H3,(H,24,26). The smallest absolute Gasteiger partial charge is 0.0952 e. The number of benzene rings is 1. The van der Waals surface area contributed by atoms with Gasteiger partial charge in [-0.1, -0.05) is 6.08 Å². The Bertz CT molecular complexity index is 1180. The van der Waals surface area contributed by atoms with Gasteiger partial charge in [-0.2, -0.15) is 5.10 Å². The Balaban J connectivity index is 1.61. The van der Waals surface area contributed by atoms with Crippen LogP contribution < -0.4 is 0 Å². The van der Waals surface area contributed by atoms with E-state index in [1.54, 1.807) is 0 Å². The van der Waals surface area contributed by atoms with Gasteiger partial charge in [0.15, 0.2) is 0 Å². The van der Waals surface area contributed by atoms with Gasteiger partial charge in [-0.3, -0.25) is 10.1 Å². The quantitative estimate of drug-likeness (QED) is 0.718. The van der Waals surface area contributed by atoms with E-state index in [4.69, 9.17) is 4.98 Å². The maximum atomic E-state index is 5.17. The predicted octanol–water partition coefficient (Wildman–Crippen LogP) is 4.00. The average Bonchev–Trinajstić information content (AvgIpc) is 3.33. The highest BCUT2D eigenvalue weighted by Crippen LogP contribution is 2.38. The minimum atomic E-state index is 0.278. The third-order valence-electron chi connectivity index (χ3n) is 6.20. The molecule has 134 valence electrons. The molecule has 1 N–H and O–H groups in total. The third kappa shape index (κ3) is 2.14. The zero-order chi connectivity index (χ0) is 18.0. The number of likely N-dealkylation sites (N-methyl/N-ethyl adjacent to an activating group) is 1. The van der Waals surface area contributed by atoms with Crippen molar-refractivity contribution in [2.75, 3.05) is 7.05 Å². The van der Waals surface area contributed by atoms with Crippen LogP contribution in [-0.2, 0) is 12.8 Å². The second kappa shape index (κ2) is 5.52. The summed E-state index contributed by atoms with van der Waals surface area (Å²) in [6.07, 6.45) is 14.2. The van der Waals surface area contributed by atoms with Crippen molar-refractivity contribution < 1.29 is 0 Å². The number of aliphatic imine (C=N–C) groups is 1. The minimum Gasteiger partial charge on any atom is -0.337 e. The molecule has 0 saturated heterocycles. The number of aromatic nitrogens is 3. The Morgan fingerprint density at radius 2 is 2.04 bits per heavy atom. The van der Waals surface area contributed by atoms with Crippen molar-refractivity contribution in [3.05, 3.63) is 53.0 Å². The van der Waals surface area contributed by atoms with Crippen LogP contribution in [0, 0.1) is 0 Å². The molecule has 5 heteroatoms. The molecule has 0 saturated carbocycles. The average molecular weight is 355 g/mol. The third-order valence-corrected chi connectivity index (χ3v) is 6.20. The van der Waals surface area contributed by atoms with Crippen LogP contribution in [0.15, 0.2) is 41.2 Å². The van der Waals surface area contributed by atoms with E-state index in [-0.39, 0.29) is 6.04 Å². The molecule has 27 heavy (non-hydrogen) atoms. The molecule has 0 spiro atoms. The number of fused-ring (bicyclic) bond motifs is 6. The Labute approximate surface area is 157 Å². The molecule has 1 aliphatic heterocycles. The summed E-state index contributed by atoms with van der Waals surface area (Å²) in [6, 6.07) is 4.51. The van der Waals surface area contributed by atoms with E-state index in [1.807, 2.05) is 12.5 Å². The minimum absolute atomic E-state index is 0.278. The molecule has 6 rings (SSSR count). The van der Waals surface area contributed by atoms with Crippen LogP contribution in [0.3, 0.4) is 0 Å². The van der Waals surface area contributed by atoms with Crippen LogP contribution in [0.5, 0.6) is 0 Å². The molecule has 5 nitrogen and oxygen atoms in total. The maximum Gasteiger partial charge on any atom is 0.0952 e. The highest BCUT2D eigenvalue weighted by Gasteiger charge is 2.27. The summed E-state index contributed by atoms with van der Waals surface area (Å²) in [4.78, 5) is 11.9. The number of rotatable bonds is 1. The molecule has 0 radical (unpaired) electrons. The number of nitrogens with zero attached hydrogens (tertiary/aromatic N) is 4. The van der Waals surface area contributed by atoms with Gasteiger partial charge in [0.05, 0.1) is 35.3 Å². The van der Waals surface area contributed by atoms with Gasteiger partial charge >= 0.3 is 0 Å². The summed E-state index contributed by atoms with van der Waals surface area (Å²) in [5, 5.41) is 9.87. The lowest BCUT2D eigenvalue weighted by Crippen LogP contribution is -2.19. The molecule has 0 bridgehead atoms. The van der Waals surface area contributed by atoms with E-state index in [9.17, 15) is 0 Å². The van der Waals surface area contributed by atoms with Crippen molar-refractivity contribution in [3.8, 4) is 0 Å². The molecular weight excluding hydrogens is 334 g/mol. The van der Waals surface area contributed by atoms with Crippen molar-refractivity contribution in [2.45, 2.75) is 38.1 Å². The van der Waals surface area contributed by atoms with Gasteiger partial charge in [0.2, 0.25) is 0 Å². The van der Waals surface area contributed by atoms with Crippen molar-refractivity contribution in [1.29, 1.82) is 0 Å². The van der Waals surface area contributed by atoms with Gasteiger partial charge in [0.25, 0.3) is 0 Å². The number of hydrogen-bond acceptors (Lipinski definition) is 4. The van der Waals surface area contributed by atoms with Gasteiger partial charge in [-0.15, -0.1) is 0 Å². The Hall–Kier alpha value is -2.95. The number of pyridine rings is 1. The molecule has 3 aliphatic rings. The predicted molar refractivity (Wildman–Crippen MR) is 109 cm³/mol. The van der Waals surface area contributed by atoms with E-state index >= 15 is 0 Å². The lowest BCUT2D eigenvalue weighted by atomic mass is 9.84. The molecule has 0 amide bonds. The van der Waals surface area contributed by atoms with Crippen LogP contribution in [-0.4, -0.2) is 39.5 Å². The summed E-state index contributed by atoms with van der Waals surface area (Å²) in [6.45, 7) is 0. The van der Waals surface area contributed by atoms with Crippen molar-refractivity contribution in [3.63, 3.8) is 0 Å². The Kier molecular flexibility index (Phi) is 3.10. The first-order chi connectivity index (χ1) is 13.3. The van der Waals surface area contributed by atoms with Crippen LogP contribution in [0.4, 0.5) is 0 Å². The monoisotopic (exact) mass is 355 g/mol. The van der Waals surface area contributed by atoms with Gasteiger partial charge < -0.3 is 4.90 Å². The zero-order valence-corrected chi connectivity index (χ0v) is 15.4. The van der Waals surface area contributed by atoms with Gasteiger partial charge in [0.1, 0.15) is 0 Å². The van der Waals surface area contributed by atoms with Crippen molar-refractivity contribution >= 4 is 33.7 Å². The largest absolute Gasteiger partial charge is 0.337 e. The summed E-state index contributed by atoms with van der Waals surface area (Å²) < 4.78 is 0. The topological polar surface area (TPSA) is 57.2 Å². The van der Waals surface area contributed by atoms with Gasteiger partial charge in [-0.05, 0) is 67.0 Å². The molecule has 1 aromatic carbocycles. The van der Waals surface area contributed by atoms with Crippen molar-refractivity contribution in [1.82, 2.24) is 20.1 Å². The number of hydrogen-bond donors (Lipinski definition) is 1. The number of H-pyrrole nitrogens is 1. The lowest BCUT2D eigenvalue weighted by Gasteiger charge is -2.25. The fraction of sp³-hybridized carbons (Fsp3) is 0.318. The number of allylic oxidation sites excluding steroid dienone is 2. The van der Waals surface area contributed by atoms with E-state index in [2.05, 4.69) is 51.4 Å². The zero-order valence-electron chi connectivity index (χ0n) is 15.4. The molecular formula is C22H21N5. The van der Waals surface area contributed by atoms with Crippen LogP contribution in [0.2, 0.25) is 0 Å². The Morgan fingerprint density at radius 3 is 2.96 bits per heavy atom. The first-order valence-corrected chi connectivity index (χ1v) is 9.75. The molecule has 1 unspecified atom stereocenters. The normalized spacial score (nSPS) is 21.4. The molecule has 1 atom stereocenters. The van der Waals surface area contributed by atoms with E-state index in [0.29, 0.717) is 0 Å². The second-order valence-electron chi connectivity index (χ2n) is 7.77. The van der Waals surface area contributed by atoms with Crippen LogP contribution >= 0.6 is 0 Å². The molecule has 3 aromatic rings. The fourth-order valence-corrected chi connectivity index (χ4v) is 4.85. The van der Waals surface area contributed by atoms with Crippen LogP contribution in [0.25, 0.3) is 27.4 Å². The lowest BCUT2D eigenvalue weighted by molar-refractivity contribution is 0.608. The Morgan fingerprint density at radius 1 is 1.15 bits per heavy atom. The number of nitrogens with one attached hydrogen (secondary N) is 1. The molecule has 3 heterocycles. The summed E-state index contributed by atoms with van der Waals surface area (Å²) in [5.74, 6) is 0. The van der Waals surface area contributed by atoms with E-state index < -0.39 is 0 Å². The summed E-state index contributed by atoms with van der Waals surface area (Å²) in [5.41, 5.74) is 8.80. The van der Waals surface area contributed by atoms with Gasteiger partial charge in [0, 0.05) is 23.5 Å². The van der Waals surface area contributed by atoms with E-state index in [1.165, 1.54) is 51.7 Å². The number of aromatic amines is 1. The first kappa shape index (κ1) is 15.1. The summed E-state index contributed by atoms with van der Waals surface area (Å²) in [7, 11) is 2.08. The first-order valence-electron chi connectivity index (χ1n) is 9.75. The number of aryl methyl sites for hydroxylation is 1.